The summed E-state index contributed by atoms with van der Waals surface area (Å²) in [4.78, 5) is 28.0. The molecule has 1 saturated heterocycles. The summed E-state index contributed by atoms with van der Waals surface area (Å²) in [7, 11) is 0. The number of amides is 2. The van der Waals surface area contributed by atoms with E-state index in [4.69, 9.17) is 0 Å². The highest BCUT2D eigenvalue weighted by Gasteiger charge is 2.48. The number of carbonyl (C=O) groups excluding carboxylic acids is 2. The highest BCUT2D eigenvalue weighted by Crippen LogP contribution is 2.33. The lowest BCUT2D eigenvalue weighted by Crippen LogP contribution is -2.69. The average molecular weight is 294 g/mol. The van der Waals surface area contributed by atoms with Crippen molar-refractivity contribution in [3.8, 4) is 0 Å². The molecule has 0 aliphatic carbocycles. The first-order chi connectivity index (χ1) is 9.25. The number of nitrogens with one attached hydrogen (secondary N) is 1. The molecule has 1 aliphatic heterocycles. The van der Waals surface area contributed by atoms with Crippen molar-refractivity contribution in [1.82, 2.24) is 10.2 Å². The molecule has 2 amide bonds. The molecule has 110 valence electrons. The molecule has 0 aromatic carbocycles. The normalized spacial score (nSPS) is 23.9. The van der Waals surface area contributed by atoms with Crippen LogP contribution in [-0.2, 0) is 9.59 Å². The molecule has 1 aromatic heterocycles. The molecule has 1 aromatic rings. The molecule has 1 aliphatic rings. The van der Waals surface area contributed by atoms with Gasteiger partial charge in [-0.05, 0) is 38.1 Å². The van der Waals surface area contributed by atoms with Gasteiger partial charge in [-0.25, -0.2) is 0 Å². The van der Waals surface area contributed by atoms with Crippen LogP contribution in [-0.4, -0.2) is 28.3 Å². The lowest BCUT2D eigenvalue weighted by atomic mass is 9.90. The molecule has 2 unspecified atom stereocenters. The molecule has 0 saturated carbocycles. The minimum Gasteiger partial charge on any atom is -0.340 e. The highest BCUT2D eigenvalue weighted by atomic mass is 32.1. The first-order valence-electron chi connectivity index (χ1n) is 6.94. The summed E-state index contributed by atoms with van der Waals surface area (Å²) in [5.74, 6) is 0.00201. The predicted molar refractivity (Wildman–Crippen MR) is 80.4 cm³/mol. The van der Waals surface area contributed by atoms with Crippen LogP contribution in [0.1, 0.15) is 45.5 Å². The Hall–Kier alpha value is -1.36. The summed E-state index contributed by atoms with van der Waals surface area (Å²) in [6, 6.07) is 3.49. The number of carbonyl (C=O) groups is 2. The van der Waals surface area contributed by atoms with Crippen LogP contribution in [0.25, 0.3) is 0 Å². The molecular formula is C15H22N2O2S. The molecular weight excluding hydrogens is 272 g/mol. The van der Waals surface area contributed by atoms with E-state index in [0.29, 0.717) is 0 Å². The molecule has 2 heterocycles. The predicted octanol–water partition coefficient (Wildman–Crippen LogP) is 2.57. The van der Waals surface area contributed by atoms with Crippen LogP contribution in [0.2, 0.25) is 0 Å². The largest absolute Gasteiger partial charge is 0.340 e. The van der Waals surface area contributed by atoms with E-state index >= 15 is 0 Å². The van der Waals surface area contributed by atoms with Crippen LogP contribution in [0.3, 0.4) is 0 Å². The fourth-order valence-corrected chi connectivity index (χ4v) is 3.50. The van der Waals surface area contributed by atoms with Gasteiger partial charge >= 0.3 is 0 Å². The smallest absolute Gasteiger partial charge is 0.248 e. The van der Waals surface area contributed by atoms with Gasteiger partial charge in [0.1, 0.15) is 11.6 Å². The van der Waals surface area contributed by atoms with Gasteiger partial charge in [0, 0.05) is 4.88 Å². The molecule has 0 radical (unpaired) electrons. The van der Waals surface area contributed by atoms with Gasteiger partial charge in [-0.3, -0.25) is 9.59 Å². The minimum atomic E-state index is -0.839. The van der Waals surface area contributed by atoms with Crippen molar-refractivity contribution in [3.05, 3.63) is 22.4 Å². The van der Waals surface area contributed by atoms with E-state index in [0.717, 1.165) is 4.88 Å². The van der Waals surface area contributed by atoms with Crippen molar-refractivity contribution in [1.29, 1.82) is 0 Å². The zero-order valence-corrected chi connectivity index (χ0v) is 13.5. The van der Waals surface area contributed by atoms with Gasteiger partial charge in [0.2, 0.25) is 11.8 Å². The Morgan fingerprint density at radius 1 is 1.30 bits per heavy atom. The highest BCUT2D eigenvalue weighted by molar-refractivity contribution is 7.10. The van der Waals surface area contributed by atoms with E-state index in [2.05, 4.69) is 5.32 Å². The van der Waals surface area contributed by atoms with E-state index in [1.165, 1.54) is 0 Å². The summed E-state index contributed by atoms with van der Waals surface area (Å²) >= 11 is 1.62. The second-order valence-corrected chi connectivity index (χ2v) is 7.19. The topological polar surface area (TPSA) is 49.4 Å². The van der Waals surface area contributed by atoms with Crippen LogP contribution in [0.15, 0.2) is 17.5 Å². The first kappa shape index (κ1) is 15.0. The van der Waals surface area contributed by atoms with Crippen LogP contribution < -0.4 is 5.32 Å². The zero-order valence-electron chi connectivity index (χ0n) is 12.6. The fourth-order valence-electron chi connectivity index (χ4n) is 2.72. The Morgan fingerprint density at radius 3 is 2.45 bits per heavy atom. The fraction of sp³-hybridized carbons (Fsp3) is 0.600. The molecule has 5 heteroatoms. The first-order valence-corrected chi connectivity index (χ1v) is 7.82. The van der Waals surface area contributed by atoms with Crippen LogP contribution in [0.4, 0.5) is 0 Å². The monoisotopic (exact) mass is 294 g/mol. The Labute approximate surface area is 124 Å². The van der Waals surface area contributed by atoms with Gasteiger partial charge in [-0.1, -0.05) is 19.9 Å². The SMILES string of the molecule is CC(C)C1C(=O)NC(C)(C)C(=O)N1C(C)c1cccs1. The van der Waals surface area contributed by atoms with Gasteiger partial charge in [0.25, 0.3) is 0 Å². The number of hydrogen-bond donors (Lipinski definition) is 1. The van der Waals surface area contributed by atoms with Gasteiger partial charge in [-0.2, -0.15) is 0 Å². The number of rotatable bonds is 3. The number of thiophene rings is 1. The Kier molecular flexibility index (Phi) is 3.91. The van der Waals surface area contributed by atoms with Crippen LogP contribution >= 0.6 is 11.3 Å². The second kappa shape index (κ2) is 5.20. The number of nitrogens with zero attached hydrogens (tertiary/aromatic N) is 1. The zero-order chi connectivity index (χ0) is 15.1. The van der Waals surface area contributed by atoms with Crippen molar-refractivity contribution >= 4 is 23.2 Å². The van der Waals surface area contributed by atoms with Crippen LogP contribution in [0.5, 0.6) is 0 Å². The molecule has 20 heavy (non-hydrogen) atoms. The van der Waals surface area contributed by atoms with Gasteiger partial charge in [-0.15, -0.1) is 11.3 Å². The van der Waals surface area contributed by atoms with Crippen LogP contribution in [0, 0.1) is 5.92 Å². The van der Waals surface area contributed by atoms with Gasteiger partial charge < -0.3 is 10.2 Å². The Morgan fingerprint density at radius 2 is 1.95 bits per heavy atom. The molecule has 1 fully saturated rings. The van der Waals surface area contributed by atoms with Crippen molar-refractivity contribution in [3.63, 3.8) is 0 Å². The summed E-state index contributed by atoms with van der Waals surface area (Å²) in [6.07, 6.45) is 0. The van der Waals surface area contributed by atoms with Crippen molar-refractivity contribution in [2.75, 3.05) is 0 Å². The Balaban J connectivity index is 2.42. The quantitative estimate of drug-likeness (QED) is 0.931. The number of hydrogen-bond acceptors (Lipinski definition) is 3. The Bertz CT molecular complexity index is 508. The third-order valence-electron chi connectivity index (χ3n) is 3.78. The van der Waals surface area contributed by atoms with Gasteiger partial charge in [0.15, 0.2) is 0 Å². The summed E-state index contributed by atoms with van der Waals surface area (Å²) in [5, 5.41) is 4.84. The van der Waals surface area contributed by atoms with Gasteiger partial charge in [0.05, 0.1) is 6.04 Å². The number of piperazine rings is 1. The molecule has 0 spiro atoms. The van der Waals surface area contributed by atoms with Crippen molar-refractivity contribution < 1.29 is 9.59 Å². The minimum absolute atomic E-state index is 0.0169. The molecule has 4 nitrogen and oxygen atoms in total. The second-order valence-electron chi connectivity index (χ2n) is 6.21. The third-order valence-corrected chi connectivity index (χ3v) is 4.82. The maximum atomic E-state index is 12.8. The van der Waals surface area contributed by atoms with E-state index < -0.39 is 11.6 Å². The standard InChI is InChI=1S/C15H22N2O2S/c1-9(2)12-13(18)16-15(4,5)14(19)17(12)10(3)11-7-6-8-20-11/h6-10,12H,1-5H3,(H,16,18). The lowest BCUT2D eigenvalue weighted by Gasteiger charge is -2.46. The van der Waals surface area contributed by atoms with E-state index in [1.54, 1.807) is 30.1 Å². The molecule has 0 bridgehead atoms. The summed E-state index contributed by atoms with van der Waals surface area (Å²) in [5.41, 5.74) is -0.839. The van der Waals surface area contributed by atoms with E-state index in [1.807, 2.05) is 38.3 Å². The molecule has 1 N–H and O–H groups in total. The maximum absolute atomic E-state index is 12.8. The molecule has 2 rings (SSSR count). The van der Waals surface area contributed by atoms with E-state index in [9.17, 15) is 9.59 Å². The molecule has 2 atom stereocenters. The van der Waals surface area contributed by atoms with E-state index in [-0.39, 0.29) is 23.8 Å². The lowest BCUT2D eigenvalue weighted by molar-refractivity contribution is -0.158. The van der Waals surface area contributed by atoms with Crippen molar-refractivity contribution in [2.45, 2.75) is 52.2 Å². The summed E-state index contributed by atoms with van der Waals surface area (Å²) < 4.78 is 0. The van der Waals surface area contributed by atoms with Crippen molar-refractivity contribution in [2.24, 2.45) is 5.92 Å². The maximum Gasteiger partial charge on any atom is 0.248 e. The summed E-state index contributed by atoms with van der Waals surface area (Å²) in [6.45, 7) is 9.47. The average Bonchev–Trinajstić information content (AvgIpc) is 2.85. The third kappa shape index (κ3) is 2.46.